The van der Waals surface area contributed by atoms with Gasteiger partial charge in [0.25, 0.3) is 5.91 Å². The summed E-state index contributed by atoms with van der Waals surface area (Å²) < 4.78 is 30.4. The molecular formula is C24H26N2O4S2. The van der Waals surface area contributed by atoms with Gasteiger partial charge in [-0.1, -0.05) is 49.0 Å². The van der Waals surface area contributed by atoms with E-state index in [0.717, 1.165) is 21.7 Å². The maximum atomic E-state index is 12.9. The highest BCUT2D eigenvalue weighted by Crippen LogP contribution is 2.33. The number of sulfonamides is 1. The molecule has 1 atom stereocenters. The van der Waals surface area contributed by atoms with Crippen molar-refractivity contribution >= 4 is 39.1 Å². The monoisotopic (exact) mass is 470 g/mol. The zero-order chi connectivity index (χ0) is 23.1. The van der Waals surface area contributed by atoms with Crippen molar-refractivity contribution in [3.8, 4) is 5.75 Å². The highest BCUT2D eigenvalue weighted by Gasteiger charge is 2.20. The standard InChI is InChI=1S/C24H26N2O4S2/c1-4-22(30-19-16-14-18(15-17-19)26(2)32(3,28)29)24(27)25-21-12-8-9-13-23(21)31-20-10-6-5-7-11-20/h5-17,22H,4H2,1-3H3,(H,25,27)/t22-/m1/s1. The summed E-state index contributed by atoms with van der Waals surface area (Å²) >= 11 is 1.58. The Balaban J connectivity index is 1.69. The fourth-order valence-corrected chi connectivity index (χ4v) is 4.33. The molecule has 0 aliphatic rings. The average Bonchev–Trinajstić information content (AvgIpc) is 2.78. The van der Waals surface area contributed by atoms with Crippen LogP contribution in [0.5, 0.6) is 5.75 Å². The number of amides is 1. The SMILES string of the molecule is CC[C@@H](Oc1ccc(N(C)S(C)(=O)=O)cc1)C(=O)Nc1ccccc1Sc1ccccc1. The number of anilines is 2. The molecule has 3 rings (SSSR count). The number of ether oxygens (including phenoxy) is 1. The van der Waals surface area contributed by atoms with Crippen molar-refractivity contribution < 1.29 is 17.9 Å². The highest BCUT2D eigenvalue weighted by molar-refractivity contribution is 7.99. The van der Waals surface area contributed by atoms with Crippen LogP contribution in [0.15, 0.2) is 88.7 Å². The quantitative estimate of drug-likeness (QED) is 0.475. The summed E-state index contributed by atoms with van der Waals surface area (Å²) in [4.78, 5) is 14.9. The Morgan fingerprint density at radius 2 is 1.62 bits per heavy atom. The van der Waals surface area contributed by atoms with E-state index in [0.29, 0.717) is 17.9 Å². The van der Waals surface area contributed by atoms with Crippen molar-refractivity contribution in [3.63, 3.8) is 0 Å². The van der Waals surface area contributed by atoms with Crippen LogP contribution in [0, 0.1) is 0 Å². The number of carbonyl (C=O) groups excluding carboxylic acids is 1. The third-order valence-electron chi connectivity index (χ3n) is 4.76. The van der Waals surface area contributed by atoms with Crippen LogP contribution in [0.3, 0.4) is 0 Å². The Bertz CT molecular complexity index is 1150. The van der Waals surface area contributed by atoms with Crippen molar-refractivity contribution in [1.82, 2.24) is 0 Å². The molecule has 3 aromatic rings. The van der Waals surface area contributed by atoms with Crippen LogP contribution in [0.4, 0.5) is 11.4 Å². The predicted molar refractivity (Wildman–Crippen MR) is 130 cm³/mol. The molecule has 3 aromatic carbocycles. The summed E-state index contributed by atoms with van der Waals surface area (Å²) in [6.45, 7) is 1.88. The van der Waals surface area contributed by atoms with Gasteiger partial charge >= 0.3 is 0 Å². The molecule has 0 aliphatic carbocycles. The topological polar surface area (TPSA) is 75.7 Å². The fraction of sp³-hybridized carbons (Fsp3) is 0.208. The van der Waals surface area contributed by atoms with E-state index in [9.17, 15) is 13.2 Å². The number of carbonyl (C=O) groups is 1. The van der Waals surface area contributed by atoms with Crippen LogP contribution in [-0.4, -0.2) is 33.7 Å². The van der Waals surface area contributed by atoms with Gasteiger partial charge in [-0.3, -0.25) is 9.10 Å². The molecule has 8 heteroatoms. The molecule has 0 aliphatic heterocycles. The summed E-state index contributed by atoms with van der Waals surface area (Å²) in [5, 5.41) is 2.98. The summed E-state index contributed by atoms with van der Waals surface area (Å²) in [6, 6.07) is 24.2. The minimum absolute atomic E-state index is 0.244. The molecule has 0 bridgehead atoms. The molecule has 32 heavy (non-hydrogen) atoms. The van der Waals surface area contributed by atoms with Gasteiger partial charge in [-0.15, -0.1) is 0 Å². The van der Waals surface area contributed by atoms with Gasteiger partial charge in [0.05, 0.1) is 17.6 Å². The zero-order valence-corrected chi connectivity index (χ0v) is 19.8. The van der Waals surface area contributed by atoms with E-state index in [1.54, 1.807) is 36.0 Å². The lowest BCUT2D eigenvalue weighted by atomic mass is 10.2. The lowest BCUT2D eigenvalue weighted by molar-refractivity contribution is -0.122. The van der Waals surface area contributed by atoms with E-state index < -0.39 is 16.1 Å². The zero-order valence-electron chi connectivity index (χ0n) is 18.2. The molecular weight excluding hydrogens is 444 g/mol. The van der Waals surface area contributed by atoms with Gasteiger partial charge in [0.15, 0.2) is 6.10 Å². The van der Waals surface area contributed by atoms with Crippen molar-refractivity contribution in [2.75, 3.05) is 22.9 Å². The minimum atomic E-state index is -3.34. The third-order valence-corrected chi connectivity index (χ3v) is 7.04. The van der Waals surface area contributed by atoms with E-state index in [-0.39, 0.29) is 5.91 Å². The largest absolute Gasteiger partial charge is 0.481 e. The van der Waals surface area contributed by atoms with Crippen LogP contribution in [-0.2, 0) is 14.8 Å². The Hall–Kier alpha value is -2.97. The van der Waals surface area contributed by atoms with E-state index in [2.05, 4.69) is 5.32 Å². The number of nitrogens with one attached hydrogen (secondary N) is 1. The molecule has 0 unspecified atom stereocenters. The van der Waals surface area contributed by atoms with Gasteiger partial charge in [0.2, 0.25) is 10.0 Å². The Labute approximate surface area is 193 Å². The molecule has 168 valence electrons. The molecule has 1 amide bonds. The third kappa shape index (κ3) is 6.27. The molecule has 1 N–H and O–H groups in total. The van der Waals surface area contributed by atoms with Crippen LogP contribution in [0.2, 0.25) is 0 Å². The number of benzene rings is 3. The van der Waals surface area contributed by atoms with E-state index >= 15 is 0 Å². The first-order chi connectivity index (χ1) is 15.3. The number of hydrogen-bond acceptors (Lipinski definition) is 5. The summed E-state index contributed by atoms with van der Waals surface area (Å²) in [5.74, 6) is 0.246. The number of para-hydroxylation sites is 1. The number of hydrogen-bond donors (Lipinski definition) is 1. The molecule has 0 spiro atoms. The molecule has 6 nitrogen and oxygen atoms in total. The lowest BCUT2D eigenvalue weighted by Gasteiger charge is -2.20. The van der Waals surface area contributed by atoms with Crippen molar-refractivity contribution in [2.45, 2.75) is 29.2 Å². The summed E-state index contributed by atoms with van der Waals surface area (Å²) in [7, 11) is -1.86. The van der Waals surface area contributed by atoms with Gasteiger partial charge in [-0.2, -0.15) is 0 Å². The minimum Gasteiger partial charge on any atom is -0.481 e. The Morgan fingerprint density at radius 3 is 2.25 bits per heavy atom. The van der Waals surface area contributed by atoms with E-state index in [1.807, 2.05) is 61.5 Å². The van der Waals surface area contributed by atoms with Crippen molar-refractivity contribution in [3.05, 3.63) is 78.9 Å². The van der Waals surface area contributed by atoms with E-state index in [1.165, 1.54) is 11.4 Å². The number of nitrogens with zero attached hydrogens (tertiary/aromatic N) is 1. The first kappa shape index (κ1) is 23.7. The molecule has 0 fully saturated rings. The summed E-state index contributed by atoms with van der Waals surface area (Å²) in [5.41, 5.74) is 1.24. The lowest BCUT2D eigenvalue weighted by Crippen LogP contribution is -2.32. The molecule has 0 radical (unpaired) electrons. The van der Waals surface area contributed by atoms with Crippen molar-refractivity contribution in [1.29, 1.82) is 0 Å². The van der Waals surface area contributed by atoms with Crippen molar-refractivity contribution in [2.24, 2.45) is 0 Å². The fourth-order valence-electron chi connectivity index (χ4n) is 2.90. The van der Waals surface area contributed by atoms with Crippen LogP contribution < -0.4 is 14.4 Å². The molecule has 0 saturated carbocycles. The summed E-state index contributed by atoms with van der Waals surface area (Å²) in [6.07, 6.45) is 0.927. The average molecular weight is 471 g/mol. The van der Waals surface area contributed by atoms with Crippen LogP contribution in [0.25, 0.3) is 0 Å². The first-order valence-corrected chi connectivity index (χ1v) is 12.8. The maximum absolute atomic E-state index is 12.9. The van der Waals surface area contributed by atoms with Gasteiger partial charge in [-0.25, -0.2) is 8.42 Å². The molecule has 0 saturated heterocycles. The predicted octanol–water partition coefficient (Wildman–Crippen LogP) is 5.03. The smallest absolute Gasteiger partial charge is 0.265 e. The second kappa shape index (κ2) is 10.6. The maximum Gasteiger partial charge on any atom is 0.265 e. The number of rotatable bonds is 9. The second-order valence-corrected chi connectivity index (χ2v) is 10.3. The second-order valence-electron chi connectivity index (χ2n) is 7.14. The van der Waals surface area contributed by atoms with Gasteiger partial charge in [-0.05, 0) is 55.0 Å². The molecule has 0 aromatic heterocycles. The van der Waals surface area contributed by atoms with Gasteiger partial charge < -0.3 is 10.1 Å². The Kier molecular flexibility index (Phi) is 7.82. The van der Waals surface area contributed by atoms with Gasteiger partial charge in [0, 0.05) is 16.8 Å². The first-order valence-electron chi connectivity index (χ1n) is 10.1. The Morgan fingerprint density at radius 1 is 1.00 bits per heavy atom. The van der Waals surface area contributed by atoms with Crippen LogP contribution >= 0.6 is 11.8 Å². The van der Waals surface area contributed by atoms with Crippen LogP contribution in [0.1, 0.15) is 13.3 Å². The normalized spacial score (nSPS) is 12.1. The van der Waals surface area contributed by atoms with E-state index in [4.69, 9.17) is 4.74 Å². The van der Waals surface area contributed by atoms with Gasteiger partial charge in [0.1, 0.15) is 5.75 Å². The highest BCUT2D eigenvalue weighted by atomic mass is 32.2. The molecule has 0 heterocycles.